The van der Waals surface area contributed by atoms with Gasteiger partial charge in [0.25, 0.3) is 5.56 Å². The molecule has 3 N–H and O–H groups in total. The molecule has 0 spiro atoms. The number of carbonyl (C=O) groups excluding carboxylic acids is 1. The van der Waals surface area contributed by atoms with E-state index in [1.165, 1.54) is 15.7 Å². The molecule has 0 unspecified atom stereocenters. The SMILES string of the molecule is CCOC(=O)CCCn1cc(N(CCO)CCO)c(=O)[nH]c1=O. The number of hydrogen-bond acceptors (Lipinski definition) is 7. The highest BCUT2D eigenvalue weighted by atomic mass is 16.5. The number of rotatable bonds is 10. The molecule has 0 aliphatic carbocycles. The summed E-state index contributed by atoms with van der Waals surface area (Å²) in [4.78, 5) is 38.7. The molecule has 1 rings (SSSR count). The molecule has 9 heteroatoms. The standard InChI is InChI=1S/C14H23N3O6/c1-2-23-12(20)4-3-5-17-10-11(13(21)15-14(17)22)16(6-8-18)7-9-19/h10,18-19H,2-9H2,1H3,(H,15,21,22). The van der Waals surface area contributed by atoms with E-state index < -0.39 is 11.2 Å². The van der Waals surface area contributed by atoms with Crippen molar-refractivity contribution in [3.8, 4) is 0 Å². The normalized spacial score (nSPS) is 10.6. The van der Waals surface area contributed by atoms with E-state index in [9.17, 15) is 14.4 Å². The molecule has 1 aromatic heterocycles. The topological polar surface area (TPSA) is 125 Å². The number of aromatic nitrogens is 2. The van der Waals surface area contributed by atoms with E-state index in [2.05, 4.69) is 4.98 Å². The summed E-state index contributed by atoms with van der Waals surface area (Å²) in [5.41, 5.74) is -0.974. The number of H-pyrrole nitrogens is 1. The Morgan fingerprint density at radius 2 is 1.96 bits per heavy atom. The Balaban J connectivity index is 2.88. The second-order valence-electron chi connectivity index (χ2n) is 4.81. The average Bonchev–Trinajstić information content (AvgIpc) is 2.49. The van der Waals surface area contributed by atoms with Crippen LogP contribution in [0.5, 0.6) is 0 Å². The van der Waals surface area contributed by atoms with E-state index in [4.69, 9.17) is 14.9 Å². The molecule has 0 aliphatic heterocycles. The van der Waals surface area contributed by atoms with Crippen LogP contribution in [0.4, 0.5) is 5.69 Å². The highest BCUT2D eigenvalue weighted by Crippen LogP contribution is 2.06. The molecule has 0 aromatic carbocycles. The van der Waals surface area contributed by atoms with Gasteiger partial charge in [0, 0.05) is 32.3 Å². The van der Waals surface area contributed by atoms with Gasteiger partial charge in [0.05, 0.1) is 19.8 Å². The lowest BCUT2D eigenvalue weighted by Crippen LogP contribution is -2.38. The molecule has 0 radical (unpaired) electrons. The van der Waals surface area contributed by atoms with Gasteiger partial charge in [0.15, 0.2) is 0 Å². The van der Waals surface area contributed by atoms with E-state index in [0.29, 0.717) is 13.0 Å². The molecule has 1 heterocycles. The zero-order chi connectivity index (χ0) is 17.2. The summed E-state index contributed by atoms with van der Waals surface area (Å²) in [6, 6.07) is 0. The van der Waals surface area contributed by atoms with Crippen molar-refractivity contribution in [1.29, 1.82) is 0 Å². The van der Waals surface area contributed by atoms with Crippen molar-refractivity contribution in [3.05, 3.63) is 27.0 Å². The van der Waals surface area contributed by atoms with Crippen molar-refractivity contribution < 1.29 is 19.7 Å². The van der Waals surface area contributed by atoms with Gasteiger partial charge >= 0.3 is 11.7 Å². The Morgan fingerprint density at radius 3 is 2.52 bits per heavy atom. The third-order valence-corrected chi connectivity index (χ3v) is 3.16. The number of aryl methyl sites for hydroxylation is 1. The molecule has 0 saturated carbocycles. The molecule has 130 valence electrons. The average molecular weight is 329 g/mol. The van der Waals surface area contributed by atoms with E-state index in [0.717, 1.165) is 0 Å². The summed E-state index contributed by atoms with van der Waals surface area (Å²) in [6.07, 6.45) is 1.94. The van der Waals surface area contributed by atoms with Crippen molar-refractivity contribution in [2.24, 2.45) is 0 Å². The van der Waals surface area contributed by atoms with Gasteiger partial charge in [-0.15, -0.1) is 0 Å². The fraction of sp³-hybridized carbons (Fsp3) is 0.643. The minimum absolute atomic E-state index is 0.157. The Bertz CT molecular complexity index is 603. The lowest BCUT2D eigenvalue weighted by Gasteiger charge is -2.22. The fourth-order valence-corrected chi connectivity index (χ4v) is 2.11. The molecular weight excluding hydrogens is 306 g/mol. The Labute approximate surface area is 133 Å². The zero-order valence-corrected chi connectivity index (χ0v) is 13.2. The second-order valence-corrected chi connectivity index (χ2v) is 4.81. The van der Waals surface area contributed by atoms with Gasteiger partial charge in [-0.1, -0.05) is 0 Å². The Hall–Kier alpha value is -2.13. The number of esters is 1. The summed E-state index contributed by atoms with van der Waals surface area (Å²) >= 11 is 0. The maximum absolute atomic E-state index is 11.9. The third kappa shape index (κ3) is 5.87. The van der Waals surface area contributed by atoms with Crippen molar-refractivity contribution in [2.75, 3.05) is 37.8 Å². The minimum atomic E-state index is -0.585. The van der Waals surface area contributed by atoms with E-state index in [1.54, 1.807) is 6.92 Å². The molecule has 23 heavy (non-hydrogen) atoms. The van der Waals surface area contributed by atoms with Crippen LogP contribution in [0.25, 0.3) is 0 Å². The molecule has 0 saturated heterocycles. The number of nitrogens with one attached hydrogen (secondary N) is 1. The fourth-order valence-electron chi connectivity index (χ4n) is 2.11. The Morgan fingerprint density at radius 1 is 1.30 bits per heavy atom. The van der Waals surface area contributed by atoms with Crippen LogP contribution in [-0.4, -0.2) is 58.6 Å². The van der Waals surface area contributed by atoms with Crippen LogP contribution < -0.4 is 16.1 Å². The van der Waals surface area contributed by atoms with Crippen molar-refractivity contribution in [2.45, 2.75) is 26.3 Å². The predicted octanol–water partition coefficient (Wildman–Crippen LogP) is -1.33. The van der Waals surface area contributed by atoms with Crippen LogP contribution in [0.3, 0.4) is 0 Å². The summed E-state index contributed by atoms with van der Waals surface area (Å²) in [6.45, 7) is 2.19. The van der Waals surface area contributed by atoms with E-state index in [1.807, 2.05) is 0 Å². The maximum Gasteiger partial charge on any atom is 0.328 e. The number of carbonyl (C=O) groups is 1. The first-order valence-electron chi connectivity index (χ1n) is 7.49. The van der Waals surface area contributed by atoms with Gasteiger partial charge in [-0.3, -0.25) is 19.1 Å². The molecule has 0 amide bonds. The number of anilines is 1. The molecule has 9 nitrogen and oxygen atoms in total. The monoisotopic (exact) mass is 329 g/mol. The number of aliphatic hydroxyl groups excluding tert-OH is 2. The van der Waals surface area contributed by atoms with E-state index >= 15 is 0 Å². The maximum atomic E-state index is 11.9. The molecule has 1 aromatic rings. The van der Waals surface area contributed by atoms with Crippen LogP contribution in [0, 0.1) is 0 Å². The van der Waals surface area contributed by atoms with Gasteiger partial charge < -0.3 is 19.8 Å². The first kappa shape index (κ1) is 18.9. The predicted molar refractivity (Wildman–Crippen MR) is 83.6 cm³/mol. The van der Waals surface area contributed by atoms with Gasteiger partial charge in [0.2, 0.25) is 0 Å². The van der Waals surface area contributed by atoms with Gasteiger partial charge in [-0.25, -0.2) is 4.79 Å². The lowest BCUT2D eigenvalue weighted by molar-refractivity contribution is -0.143. The molecule has 0 aliphatic rings. The zero-order valence-electron chi connectivity index (χ0n) is 13.2. The first-order valence-corrected chi connectivity index (χ1v) is 7.49. The summed E-state index contributed by atoms with van der Waals surface area (Å²) < 4.78 is 6.10. The van der Waals surface area contributed by atoms with Gasteiger partial charge in [0.1, 0.15) is 5.69 Å². The van der Waals surface area contributed by atoms with E-state index in [-0.39, 0.29) is 50.9 Å². The molecule has 0 atom stereocenters. The lowest BCUT2D eigenvalue weighted by atomic mass is 10.3. The Kier molecular flexibility index (Phi) is 8.06. The van der Waals surface area contributed by atoms with Crippen LogP contribution in [0.15, 0.2) is 15.8 Å². The van der Waals surface area contributed by atoms with Crippen LogP contribution in [0.2, 0.25) is 0 Å². The highest BCUT2D eigenvalue weighted by Gasteiger charge is 2.12. The number of nitrogens with zero attached hydrogens (tertiary/aromatic N) is 2. The number of aromatic amines is 1. The second kappa shape index (κ2) is 9.80. The largest absolute Gasteiger partial charge is 0.466 e. The minimum Gasteiger partial charge on any atom is -0.466 e. The van der Waals surface area contributed by atoms with Gasteiger partial charge in [-0.05, 0) is 13.3 Å². The van der Waals surface area contributed by atoms with Crippen molar-refractivity contribution in [1.82, 2.24) is 9.55 Å². The summed E-state index contributed by atoms with van der Waals surface area (Å²) in [5.74, 6) is -0.340. The first-order chi connectivity index (χ1) is 11.0. The summed E-state index contributed by atoms with van der Waals surface area (Å²) in [5, 5.41) is 18.1. The van der Waals surface area contributed by atoms with Crippen LogP contribution in [0.1, 0.15) is 19.8 Å². The highest BCUT2D eigenvalue weighted by molar-refractivity contribution is 5.69. The quantitative estimate of drug-likeness (QED) is 0.454. The molecule has 0 fully saturated rings. The van der Waals surface area contributed by atoms with Crippen molar-refractivity contribution in [3.63, 3.8) is 0 Å². The third-order valence-electron chi connectivity index (χ3n) is 3.16. The van der Waals surface area contributed by atoms with Crippen molar-refractivity contribution >= 4 is 11.7 Å². The number of aliphatic hydroxyl groups is 2. The summed E-state index contributed by atoms with van der Waals surface area (Å²) in [7, 11) is 0. The van der Waals surface area contributed by atoms with Gasteiger partial charge in [-0.2, -0.15) is 0 Å². The van der Waals surface area contributed by atoms with Crippen LogP contribution in [-0.2, 0) is 16.1 Å². The number of ether oxygens (including phenoxy) is 1. The molecule has 0 bridgehead atoms. The molecular formula is C14H23N3O6. The number of hydrogen-bond donors (Lipinski definition) is 3. The van der Waals surface area contributed by atoms with Crippen LogP contribution >= 0.6 is 0 Å². The smallest absolute Gasteiger partial charge is 0.328 e.